The number of para-hydroxylation sites is 2. The molecule has 0 unspecified atom stereocenters. The topological polar surface area (TPSA) is 100 Å². The second kappa shape index (κ2) is 11.8. The zero-order chi connectivity index (χ0) is 24.5. The third-order valence-corrected chi connectivity index (χ3v) is 4.97. The van der Waals surface area contributed by atoms with Crippen molar-refractivity contribution < 1.29 is 19.1 Å². The fourth-order valence-corrected chi connectivity index (χ4v) is 3.18. The molecule has 0 aliphatic carbocycles. The van der Waals surface area contributed by atoms with Gasteiger partial charge in [-0.05, 0) is 60.7 Å². The van der Waals surface area contributed by atoms with Gasteiger partial charge in [-0.3, -0.25) is 9.59 Å². The minimum absolute atomic E-state index is 0.180. The van der Waals surface area contributed by atoms with E-state index in [1.165, 1.54) is 19.3 Å². The first-order valence-electron chi connectivity index (χ1n) is 9.93. The third-order valence-electron chi connectivity index (χ3n) is 4.48. The number of hydrogen-bond acceptors (Lipinski definition) is 5. The number of methoxy groups -OCH3 is 1. The number of amides is 2. The normalized spacial score (nSPS) is 10.7. The van der Waals surface area contributed by atoms with Crippen LogP contribution in [-0.2, 0) is 9.59 Å². The molecule has 9 heteroatoms. The molecule has 0 aliphatic heterocycles. The number of nitrogens with one attached hydrogen (secondary N) is 2. The summed E-state index contributed by atoms with van der Waals surface area (Å²) in [6.45, 7) is -0.320. The summed E-state index contributed by atoms with van der Waals surface area (Å²) in [6, 6.07) is 20.0. The maximum atomic E-state index is 12.6. The average Bonchev–Trinajstić information content (AvgIpc) is 2.83. The van der Waals surface area contributed by atoms with Crippen LogP contribution < -0.4 is 20.1 Å². The number of nitriles is 1. The number of carbonyl (C=O) groups excluding carboxylic acids is 2. The highest BCUT2D eigenvalue weighted by Gasteiger charge is 2.14. The summed E-state index contributed by atoms with van der Waals surface area (Å²) in [5.41, 5.74) is 1.16. The summed E-state index contributed by atoms with van der Waals surface area (Å²) >= 11 is 11.9. The molecule has 3 aromatic rings. The molecule has 0 aromatic heterocycles. The Bertz CT molecular complexity index is 1270. The van der Waals surface area contributed by atoms with E-state index in [2.05, 4.69) is 10.6 Å². The molecule has 0 bridgehead atoms. The standard InChI is InChI=1S/C25H19Cl2N3O4/c1-33-23-5-3-2-4-21(23)30-24(31)15-34-22-11-8-19(27)13-16(22)12-17(14-28)25(32)29-20-9-6-18(26)7-10-20/h2-13H,15H2,1H3,(H,29,32)(H,30,31)/b17-12-. The maximum Gasteiger partial charge on any atom is 0.266 e. The average molecular weight is 496 g/mol. The molecule has 0 heterocycles. The Hall–Kier alpha value is -3.99. The molecule has 7 nitrogen and oxygen atoms in total. The predicted molar refractivity (Wildman–Crippen MR) is 132 cm³/mol. The van der Waals surface area contributed by atoms with E-state index < -0.39 is 11.8 Å². The van der Waals surface area contributed by atoms with Crippen LogP contribution in [0.3, 0.4) is 0 Å². The Morgan fingerprint density at radius 3 is 2.38 bits per heavy atom. The van der Waals surface area contributed by atoms with Crippen molar-refractivity contribution in [2.24, 2.45) is 0 Å². The van der Waals surface area contributed by atoms with E-state index >= 15 is 0 Å². The number of anilines is 2. The van der Waals surface area contributed by atoms with Crippen molar-refractivity contribution in [3.05, 3.63) is 87.9 Å². The van der Waals surface area contributed by atoms with Gasteiger partial charge in [0.05, 0.1) is 12.8 Å². The SMILES string of the molecule is COc1ccccc1NC(=O)COc1ccc(Cl)cc1/C=C(/C#N)C(=O)Nc1ccc(Cl)cc1. The maximum absolute atomic E-state index is 12.6. The summed E-state index contributed by atoms with van der Waals surface area (Å²) in [5, 5.41) is 15.7. The van der Waals surface area contributed by atoms with E-state index in [-0.39, 0.29) is 17.9 Å². The lowest BCUT2D eigenvalue weighted by molar-refractivity contribution is -0.118. The molecule has 3 rings (SSSR count). The molecule has 2 amide bonds. The first-order valence-corrected chi connectivity index (χ1v) is 10.7. The van der Waals surface area contributed by atoms with E-state index in [4.69, 9.17) is 32.7 Å². The second-order valence-electron chi connectivity index (χ2n) is 6.85. The molecule has 34 heavy (non-hydrogen) atoms. The van der Waals surface area contributed by atoms with Gasteiger partial charge in [-0.1, -0.05) is 35.3 Å². The number of nitrogens with zero attached hydrogens (tertiary/aromatic N) is 1. The molecular formula is C25H19Cl2N3O4. The molecule has 0 atom stereocenters. The fraction of sp³-hybridized carbons (Fsp3) is 0.0800. The quantitative estimate of drug-likeness (QED) is 0.314. The van der Waals surface area contributed by atoms with Gasteiger partial charge in [0, 0.05) is 21.3 Å². The van der Waals surface area contributed by atoms with E-state index in [0.717, 1.165) is 0 Å². The smallest absolute Gasteiger partial charge is 0.266 e. The fourth-order valence-electron chi connectivity index (χ4n) is 2.88. The molecular weight excluding hydrogens is 477 g/mol. The monoisotopic (exact) mass is 495 g/mol. The molecule has 0 spiro atoms. The number of ether oxygens (including phenoxy) is 2. The van der Waals surface area contributed by atoms with Crippen molar-refractivity contribution in [2.45, 2.75) is 0 Å². The molecule has 2 N–H and O–H groups in total. The highest BCUT2D eigenvalue weighted by Crippen LogP contribution is 2.27. The van der Waals surface area contributed by atoms with Gasteiger partial charge in [0.15, 0.2) is 6.61 Å². The van der Waals surface area contributed by atoms with Gasteiger partial charge in [0.2, 0.25) is 0 Å². The Labute approximate surface area is 206 Å². The lowest BCUT2D eigenvalue weighted by atomic mass is 10.1. The number of hydrogen-bond donors (Lipinski definition) is 2. The van der Waals surface area contributed by atoms with Crippen LogP contribution in [0.25, 0.3) is 6.08 Å². The van der Waals surface area contributed by atoms with E-state index in [1.807, 2.05) is 6.07 Å². The molecule has 0 radical (unpaired) electrons. The Morgan fingerprint density at radius 1 is 0.971 bits per heavy atom. The highest BCUT2D eigenvalue weighted by atomic mass is 35.5. The van der Waals surface area contributed by atoms with E-state index in [1.54, 1.807) is 60.7 Å². The summed E-state index contributed by atoms with van der Waals surface area (Å²) in [7, 11) is 1.50. The van der Waals surface area contributed by atoms with Crippen molar-refractivity contribution >= 4 is 52.5 Å². The minimum atomic E-state index is -0.621. The largest absolute Gasteiger partial charge is 0.495 e. The number of halogens is 2. The predicted octanol–water partition coefficient (Wildman–Crippen LogP) is 5.57. The van der Waals surface area contributed by atoms with E-state index in [0.29, 0.717) is 32.7 Å². The summed E-state index contributed by atoms with van der Waals surface area (Å²) in [5.74, 6) is -0.261. The van der Waals surface area contributed by atoms with Crippen LogP contribution in [0.2, 0.25) is 10.0 Å². The Kier molecular flexibility index (Phi) is 8.52. The minimum Gasteiger partial charge on any atom is -0.495 e. The summed E-state index contributed by atoms with van der Waals surface area (Å²) in [6.07, 6.45) is 1.34. The van der Waals surface area contributed by atoms with Crippen LogP contribution in [0.4, 0.5) is 11.4 Å². The highest BCUT2D eigenvalue weighted by molar-refractivity contribution is 6.31. The molecule has 0 saturated heterocycles. The van der Waals surface area contributed by atoms with Gasteiger partial charge >= 0.3 is 0 Å². The van der Waals surface area contributed by atoms with Crippen molar-refractivity contribution in [1.82, 2.24) is 0 Å². The van der Waals surface area contributed by atoms with Crippen LogP contribution in [0, 0.1) is 11.3 Å². The zero-order valence-electron chi connectivity index (χ0n) is 18.0. The lowest BCUT2D eigenvalue weighted by Crippen LogP contribution is -2.20. The van der Waals surface area contributed by atoms with Crippen molar-refractivity contribution in [1.29, 1.82) is 5.26 Å². The molecule has 172 valence electrons. The van der Waals surface area contributed by atoms with Gasteiger partial charge in [-0.15, -0.1) is 0 Å². The first-order chi connectivity index (χ1) is 16.4. The van der Waals surface area contributed by atoms with Gasteiger partial charge in [-0.25, -0.2) is 0 Å². The van der Waals surface area contributed by atoms with Crippen molar-refractivity contribution in [3.8, 4) is 17.6 Å². The van der Waals surface area contributed by atoms with Crippen molar-refractivity contribution in [2.75, 3.05) is 24.4 Å². The van der Waals surface area contributed by atoms with Crippen molar-refractivity contribution in [3.63, 3.8) is 0 Å². The zero-order valence-corrected chi connectivity index (χ0v) is 19.5. The second-order valence-corrected chi connectivity index (χ2v) is 7.72. The lowest BCUT2D eigenvalue weighted by Gasteiger charge is -2.12. The molecule has 0 fully saturated rings. The van der Waals surface area contributed by atoms with Crippen LogP contribution in [-0.4, -0.2) is 25.5 Å². The van der Waals surface area contributed by atoms with E-state index in [9.17, 15) is 14.9 Å². The molecule has 3 aromatic carbocycles. The van der Waals surface area contributed by atoms with Crippen LogP contribution in [0.5, 0.6) is 11.5 Å². The van der Waals surface area contributed by atoms with Crippen LogP contribution in [0.1, 0.15) is 5.56 Å². The number of rotatable bonds is 8. The van der Waals surface area contributed by atoms with Crippen LogP contribution >= 0.6 is 23.2 Å². The van der Waals surface area contributed by atoms with Gasteiger partial charge in [0.25, 0.3) is 11.8 Å². The van der Waals surface area contributed by atoms with Gasteiger partial charge in [0.1, 0.15) is 23.1 Å². The summed E-state index contributed by atoms with van der Waals surface area (Å²) in [4.78, 5) is 25.0. The Balaban J connectivity index is 1.74. The molecule has 0 aliphatic rings. The number of carbonyl (C=O) groups is 2. The molecule has 0 saturated carbocycles. The third kappa shape index (κ3) is 6.75. The first kappa shape index (κ1) is 24.6. The summed E-state index contributed by atoms with van der Waals surface area (Å²) < 4.78 is 10.9. The van der Waals surface area contributed by atoms with Crippen LogP contribution in [0.15, 0.2) is 72.3 Å². The number of benzene rings is 3. The van der Waals surface area contributed by atoms with Gasteiger partial charge in [-0.2, -0.15) is 5.26 Å². The Morgan fingerprint density at radius 2 is 1.68 bits per heavy atom. The van der Waals surface area contributed by atoms with Gasteiger partial charge < -0.3 is 20.1 Å².